The highest BCUT2D eigenvalue weighted by Gasteiger charge is 2.20. The number of methoxy groups -OCH3 is 1. The average Bonchev–Trinajstić information content (AvgIpc) is 2.65. The smallest absolute Gasteiger partial charge is 0.246 e. The van der Waals surface area contributed by atoms with Crippen LogP contribution < -0.4 is 4.74 Å². The molecule has 126 valence electrons. The fourth-order valence-corrected chi connectivity index (χ4v) is 3.41. The van der Waals surface area contributed by atoms with Crippen LogP contribution in [-0.4, -0.2) is 31.0 Å². The first-order chi connectivity index (χ1) is 11.7. The Bertz CT molecular complexity index is 745. The van der Waals surface area contributed by atoms with Gasteiger partial charge in [0.15, 0.2) is 0 Å². The van der Waals surface area contributed by atoms with Crippen molar-refractivity contribution in [1.82, 2.24) is 4.90 Å². The van der Waals surface area contributed by atoms with E-state index >= 15 is 0 Å². The van der Waals surface area contributed by atoms with Crippen LogP contribution in [0.15, 0.2) is 42.5 Å². The molecule has 0 aliphatic heterocycles. The lowest BCUT2D eigenvalue weighted by Crippen LogP contribution is -2.37. The highest BCUT2D eigenvalue weighted by Crippen LogP contribution is 2.23. The first-order valence-electron chi connectivity index (χ1n) is 8.70. The molecule has 1 fully saturated rings. The zero-order chi connectivity index (χ0) is 16.9. The molecule has 0 atom stereocenters. The minimum Gasteiger partial charge on any atom is -0.497 e. The van der Waals surface area contributed by atoms with E-state index in [-0.39, 0.29) is 5.91 Å². The van der Waals surface area contributed by atoms with Gasteiger partial charge in [0, 0.05) is 19.2 Å². The van der Waals surface area contributed by atoms with E-state index in [1.54, 1.807) is 13.2 Å². The molecular formula is C21H25NO2. The summed E-state index contributed by atoms with van der Waals surface area (Å²) in [5.41, 5.74) is 1.04. The molecule has 3 rings (SSSR count). The van der Waals surface area contributed by atoms with Crippen molar-refractivity contribution in [3.8, 4) is 5.75 Å². The quantitative estimate of drug-likeness (QED) is 0.766. The van der Waals surface area contributed by atoms with E-state index in [0.717, 1.165) is 34.9 Å². The summed E-state index contributed by atoms with van der Waals surface area (Å²) in [7, 11) is 3.60. The molecule has 2 aromatic carbocycles. The van der Waals surface area contributed by atoms with Gasteiger partial charge in [-0.25, -0.2) is 0 Å². The van der Waals surface area contributed by atoms with Gasteiger partial charge in [-0.3, -0.25) is 4.79 Å². The molecule has 0 saturated heterocycles. The van der Waals surface area contributed by atoms with Crippen molar-refractivity contribution in [2.75, 3.05) is 14.2 Å². The second-order valence-electron chi connectivity index (χ2n) is 6.55. The summed E-state index contributed by atoms with van der Waals surface area (Å²) < 4.78 is 5.25. The lowest BCUT2D eigenvalue weighted by molar-refractivity contribution is -0.127. The molecule has 24 heavy (non-hydrogen) atoms. The van der Waals surface area contributed by atoms with Crippen LogP contribution in [0.5, 0.6) is 5.75 Å². The van der Waals surface area contributed by atoms with Gasteiger partial charge in [-0.05, 0) is 53.5 Å². The van der Waals surface area contributed by atoms with Crippen molar-refractivity contribution >= 4 is 22.8 Å². The second kappa shape index (κ2) is 7.52. The molecule has 0 N–H and O–H groups in total. The summed E-state index contributed by atoms with van der Waals surface area (Å²) >= 11 is 0. The van der Waals surface area contributed by atoms with Crippen LogP contribution in [0, 0.1) is 0 Å². The molecule has 3 heteroatoms. The van der Waals surface area contributed by atoms with Crippen LogP contribution in [0.3, 0.4) is 0 Å². The number of carbonyl (C=O) groups is 1. The molecule has 2 aromatic rings. The first kappa shape index (κ1) is 16.6. The van der Waals surface area contributed by atoms with Crippen molar-refractivity contribution in [2.45, 2.75) is 38.1 Å². The van der Waals surface area contributed by atoms with Gasteiger partial charge in [-0.1, -0.05) is 37.5 Å². The van der Waals surface area contributed by atoms with E-state index in [9.17, 15) is 4.79 Å². The van der Waals surface area contributed by atoms with E-state index in [1.165, 1.54) is 19.3 Å². The maximum atomic E-state index is 12.4. The zero-order valence-electron chi connectivity index (χ0n) is 14.5. The number of amides is 1. The summed E-state index contributed by atoms with van der Waals surface area (Å²) in [5, 5.41) is 2.28. The molecule has 1 saturated carbocycles. The van der Waals surface area contributed by atoms with Gasteiger partial charge >= 0.3 is 0 Å². The number of hydrogen-bond donors (Lipinski definition) is 0. The molecular weight excluding hydrogens is 298 g/mol. The summed E-state index contributed by atoms with van der Waals surface area (Å²) in [6.45, 7) is 0. The number of likely N-dealkylation sites (N-methyl/N-ethyl adjacent to an activating group) is 1. The largest absolute Gasteiger partial charge is 0.497 e. The van der Waals surface area contributed by atoms with Crippen LogP contribution in [-0.2, 0) is 4.79 Å². The molecule has 0 heterocycles. The number of nitrogens with zero attached hydrogens (tertiary/aromatic N) is 1. The standard InChI is InChI=1S/C21H25NO2/c1-22(19-6-4-3-5-7-19)21(23)13-9-16-8-10-18-15-20(24-2)12-11-17(18)14-16/h8-15,19H,3-7H2,1-2H3/b13-9+. The minimum absolute atomic E-state index is 0.0942. The van der Waals surface area contributed by atoms with Crippen LogP contribution >= 0.6 is 0 Å². The molecule has 3 nitrogen and oxygen atoms in total. The molecule has 0 aromatic heterocycles. The lowest BCUT2D eigenvalue weighted by atomic mass is 9.94. The van der Waals surface area contributed by atoms with Crippen LogP contribution in [0.4, 0.5) is 0 Å². The number of hydrogen-bond acceptors (Lipinski definition) is 2. The molecule has 1 aliphatic rings. The van der Waals surface area contributed by atoms with Gasteiger partial charge in [0.05, 0.1) is 7.11 Å². The highest BCUT2D eigenvalue weighted by molar-refractivity contribution is 5.93. The number of ether oxygens (including phenoxy) is 1. The Balaban J connectivity index is 1.71. The Hall–Kier alpha value is -2.29. The molecule has 0 radical (unpaired) electrons. The normalized spacial score (nSPS) is 15.8. The molecule has 0 bridgehead atoms. The molecule has 1 amide bonds. The average molecular weight is 323 g/mol. The number of carbonyl (C=O) groups excluding carboxylic acids is 1. The summed E-state index contributed by atoms with van der Waals surface area (Å²) in [6, 6.07) is 12.6. The third-order valence-electron chi connectivity index (χ3n) is 4.96. The Morgan fingerprint density at radius 3 is 2.54 bits per heavy atom. The number of fused-ring (bicyclic) bond motifs is 1. The predicted molar refractivity (Wildman–Crippen MR) is 99.2 cm³/mol. The van der Waals surface area contributed by atoms with Crippen molar-refractivity contribution in [3.63, 3.8) is 0 Å². The Morgan fingerprint density at radius 2 is 1.79 bits per heavy atom. The fourth-order valence-electron chi connectivity index (χ4n) is 3.41. The Labute approximate surface area is 143 Å². The van der Waals surface area contributed by atoms with Crippen LogP contribution in [0.2, 0.25) is 0 Å². The van der Waals surface area contributed by atoms with Crippen LogP contribution in [0.1, 0.15) is 37.7 Å². The van der Waals surface area contributed by atoms with Gasteiger partial charge in [-0.15, -0.1) is 0 Å². The highest BCUT2D eigenvalue weighted by atomic mass is 16.5. The van der Waals surface area contributed by atoms with E-state index in [4.69, 9.17) is 4.74 Å². The summed E-state index contributed by atoms with van der Waals surface area (Å²) in [4.78, 5) is 14.3. The number of benzene rings is 2. The SMILES string of the molecule is COc1ccc2cc(/C=C/C(=O)N(C)C3CCCCC3)ccc2c1. The van der Waals surface area contributed by atoms with Gasteiger partial charge in [-0.2, -0.15) is 0 Å². The second-order valence-corrected chi connectivity index (χ2v) is 6.55. The summed E-state index contributed by atoms with van der Waals surface area (Å²) in [5.74, 6) is 0.951. The van der Waals surface area contributed by atoms with Gasteiger partial charge in [0.2, 0.25) is 5.91 Å². The Morgan fingerprint density at radius 1 is 1.08 bits per heavy atom. The minimum atomic E-state index is 0.0942. The van der Waals surface area contributed by atoms with Gasteiger partial charge in [0.25, 0.3) is 0 Å². The lowest BCUT2D eigenvalue weighted by Gasteiger charge is -2.30. The Kier molecular flexibility index (Phi) is 5.19. The third kappa shape index (κ3) is 3.78. The van der Waals surface area contributed by atoms with Crippen molar-refractivity contribution in [2.24, 2.45) is 0 Å². The van der Waals surface area contributed by atoms with Crippen molar-refractivity contribution in [1.29, 1.82) is 0 Å². The molecule has 1 aliphatic carbocycles. The van der Waals surface area contributed by atoms with Gasteiger partial charge < -0.3 is 9.64 Å². The maximum absolute atomic E-state index is 12.4. The maximum Gasteiger partial charge on any atom is 0.246 e. The number of rotatable bonds is 4. The van der Waals surface area contributed by atoms with Gasteiger partial charge in [0.1, 0.15) is 5.75 Å². The van der Waals surface area contributed by atoms with Crippen molar-refractivity contribution in [3.05, 3.63) is 48.0 Å². The van der Waals surface area contributed by atoms with E-state index in [2.05, 4.69) is 12.1 Å². The molecule has 0 spiro atoms. The van der Waals surface area contributed by atoms with Crippen molar-refractivity contribution < 1.29 is 9.53 Å². The monoisotopic (exact) mass is 323 g/mol. The van der Waals surface area contributed by atoms with E-state index in [0.29, 0.717) is 6.04 Å². The van der Waals surface area contributed by atoms with Crippen LogP contribution in [0.25, 0.3) is 16.8 Å². The molecule has 0 unspecified atom stereocenters. The third-order valence-corrected chi connectivity index (χ3v) is 4.96. The summed E-state index contributed by atoms with van der Waals surface area (Å²) in [6.07, 6.45) is 9.64. The predicted octanol–water partition coefficient (Wildman–Crippen LogP) is 4.65. The fraction of sp³-hybridized carbons (Fsp3) is 0.381. The van der Waals surface area contributed by atoms with E-state index < -0.39 is 0 Å². The topological polar surface area (TPSA) is 29.5 Å². The zero-order valence-corrected chi connectivity index (χ0v) is 14.5. The first-order valence-corrected chi connectivity index (χ1v) is 8.70. The van der Waals surface area contributed by atoms with E-state index in [1.807, 2.05) is 42.3 Å².